The molecule has 0 aliphatic heterocycles. The molecule has 0 aromatic carbocycles. The molecule has 0 aliphatic rings. The Bertz CT molecular complexity index is 222. The van der Waals surface area contributed by atoms with Gasteiger partial charge in [-0.25, -0.2) is 0 Å². The Labute approximate surface area is 74.4 Å². The number of rotatable bonds is 4. The van der Waals surface area contributed by atoms with Crippen molar-refractivity contribution in [1.29, 1.82) is 5.26 Å². The second kappa shape index (κ2) is 5.72. The fraction of sp³-hybridized carbons (Fsp3) is 0.714. The lowest BCUT2D eigenvalue weighted by atomic mass is 10.2. The van der Waals surface area contributed by atoms with Crippen LogP contribution in [0.3, 0.4) is 0 Å². The minimum atomic E-state index is -0.895. The molecular weight excluding hydrogens is 176 g/mol. The Kier molecular flexibility index (Phi) is 5.30. The average molecular weight is 188 g/mol. The molecule has 0 fully saturated rings. The van der Waals surface area contributed by atoms with E-state index in [1.54, 1.807) is 6.26 Å². The Balaban J connectivity index is 3.59. The third-order valence-electron chi connectivity index (χ3n) is 1.28. The predicted molar refractivity (Wildman–Crippen MR) is 46.7 cm³/mol. The zero-order valence-corrected chi connectivity index (χ0v) is 7.98. The van der Waals surface area contributed by atoms with Crippen LogP contribution < -0.4 is 5.32 Å². The summed E-state index contributed by atoms with van der Waals surface area (Å²) in [4.78, 5) is 10.9. The summed E-state index contributed by atoms with van der Waals surface area (Å²) >= 11 is 0. The summed E-state index contributed by atoms with van der Waals surface area (Å²) in [5, 5.41) is 10.9. The molecular formula is C7H12N2O2S. The highest BCUT2D eigenvalue weighted by Gasteiger charge is 2.09. The molecule has 0 aromatic rings. The zero-order chi connectivity index (χ0) is 9.56. The predicted octanol–water partition coefficient (Wildman–Crippen LogP) is -0.359. The van der Waals surface area contributed by atoms with Crippen molar-refractivity contribution in [1.82, 2.24) is 5.32 Å². The molecule has 2 unspecified atom stereocenters. The highest BCUT2D eigenvalue weighted by Crippen LogP contribution is 1.89. The van der Waals surface area contributed by atoms with Crippen LogP contribution in [0.5, 0.6) is 0 Å². The molecule has 68 valence electrons. The van der Waals surface area contributed by atoms with E-state index in [1.165, 1.54) is 6.92 Å². The molecule has 0 aliphatic carbocycles. The van der Waals surface area contributed by atoms with Gasteiger partial charge in [0.1, 0.15) is 5.92 Å². The molecule has 0 rings (SSSR count). The van der Waals surface area contributed by atoms with Gasteiger partial charge in [-0.3, -0.25) is 9.00 Å². The Morgan fingerprint density at radius 1 is 1.75 bits per heavy atom. The van der Waals surface area contributed by atoms with Crippen molar-refractivity contribution in [2.24, 2.45) is 5.92 Å². The number of carbonyl (C=O) groups excluding carboxylic acids is 1. The van der Waals surface area contributed by atoms with Gasteiger partial charge in [0.2, 0.25) is 5.91 Å². The van der Waals surface area contributed by atoms with Gasteiger partial charge in [-0.15, -0.1) is 0 Å². The summed E-state index contributed by atoms with van der Waals surface area (Å²) in [5.74, 6) is -0.498. The summed E-state index contributed by atoms with van der Waals surface area (Å²) in [6, 6.07) is 1.81. The van der Waals surface area contributed by atoms with Gasteiger partial charge in [0, 0.05) is 29.4 Å². The van der Waals surface area contributed by atoms with Crippen molar-refractivity contribution < 1.29 is 9.00 Å². The zero-order valence-electron chi connectivity index (χ0n) is 7.16. The summed E-state index contributed by atoms with van der Waals surface area (Å²) < 4.78 is 10.6. The van der Waals surface area contributed by atoms with Gasteiger partial charge in [-0.2, -0.15) is 5.26 Å². The fourth-order valence-corrected chi connectivity index (χ4v) is 0.919. The largest absolute Gasteiger partial charge is 0.354 e. The maximum atomic E-state index is 10.9. The van der Waals surface area contributed by atoms with Crippen molar-refractivity contribution in [2.75, 3.05) is 18.6 Å². The van der Waals surface area contributed by atoms with E-state index in [0.29, 0.717) is 12.3 Å². The van der Waals surface area contributed by atoms with E-state index in [2.05, 4.69) is 5.32 Å². The molecule has 0 aromatic heterocycles. The third-order valence-corrected chi connectivity index (χ3v) is 2.05. The first-order chi connectivity index (χ1) is 5.57. The van der Waals surface area contributed by atoms with Crippen molar-refractivity contribution in [3.05, 3.63) is 0 Å². The van der Waals surface area contributed by atoms with E-state index in [1.807, 2.05) is 6.07 Å². The molecule has 0 heterocycles. The van der Waals surface area contributed by atoms with Crippen LogP contribution in [0, 0.1) is 17.2 Å². The highest BCUT2D eigenvalue weighted by molar-refractivity contribution is 7.84. The van der Waals surface area contributed by atoms with E-state index in [-0.39, 0.29) is 5.91 Å². The lowest BCUT2D eigenvalue weighted by molar-refractivity contribution is -0.122. The molecule has 12 heavy (non-hydrogen) atoms. The van der Waals surface area contributed by atoms with Gasteiger partial charge in [0.25, 0.3) is 0 Å². The second-order valence-electron chi connectivity index (χ2n) is 2.42. The first kappa shape index (κ1) is 11.1. The number of nitrogens with zero attached hydrogens (tertiary/aromatic N) is 1. The molecule has 0 bridgehead atoms. The number of hydrogen-bond donors (Lipinski definition) is 1. The molecule has 4 nitrogen and oxygen atoms in total. The fourth-order valence-electron chi connectivity index (χ4n) is 0.530. The van der Waals surface area contributed by atoms with Crippen LogP contribution in [0.4, 0.5) is 0 Å². The van der Waals surface area contributed by atoms with Crippen molar-refractivity contribution in [2.45, 2.75) is 6.92 Å². The number of amides is 1. The number of nitriles is 1. The summed E-state index contributed by atoms with van der Waals surface area (Å²) in [7, 11) is -0.895. The van der Waals surface area contributed by atoms with Crippen molar-refractivity contribution in [3.8, 4) is 6.07 Å². The van der Waals surface area contributed by atoms with Gasteiger partial charge in [-0.1, -0.05) is 0 Å². The normalized spacial score (nSPS) is 14.4. The average Bonchev–Trinajstić information content (AvgIpc) is 2.02. The summed E-state index contributed by atoms with van der Waals surface area (Å²) in [6.07, 6.45) is 1.57. The van der Waals surface area contributed by atoms with Crippen LogP contribution in [-0.4, -0.2) is 28.7 Å². The highest BCUT2D eigenvalue weighted by atomic mass is 32.2. The topological polar surface area (TPSA) is 70.0 Å². The van der Waals surface area contributed by atoms with E-state index in [9.17, 15) is 9.00 Å². The Morgan fingerprint density at radius 3 is 2.75 bits per heavy atom. The first-order valence-corrected chi connectivity index (χ1v) is 5.28. The summed E-state index contributed by atoms with van der Waals surface area (Å²) in [6.45, 7) is 1.90. The van der Waals surface area contributed by atoms with Crippen LogP contribution in [0.1, 0.15) is 6.92 Å². The quantitative estimate of drug-likeness (QED) is 0.655. The van der Waals surface area contributed by atoms with E-state index in [0.717, 1.165) is 0 Å². The van der Waals surface area contributed by atoms with Crippen LogP contribution in [0.15, 0.2) is 0 Å². The maximum absolute atomic E-state index is 10.9. The molecule has 0 radical (unpaired) electrons. The monoisotopic (exact) mass is 188 g/mol. The molecule has 0 saturated carbocycles. The molecule has 5 heteroatoms. The van der Waals surface area contributed by atoms with Crippen molar-refractivity contribution >= 4 is 16.7 Å². The van der Waals surface area contributed by atoms with E-state index < -0.39 is 16.7 Å². The van der Waals surface area contributed by atoms with E-state index >= 15 is 0 Å². The molecule has 1 amide bonds. The minimum Gasteiger partial charge on any atom is -0.354 e. The Morgan fingerprint density at radius 2 is 2.33 bits per heavy atom. The van der Waals surface area contributed by atoms with Crippen LogP contribution in [0.25, 0.3) is 0 Å². The van der Waals surface area contributed by atoms with Gasteiger partial charge >= 0.3 is 0 Å². The maximum Gasteiger partial charge on any atom is 0.237 e. The SMILES string of the molecule is CC(C#N)C(=O)NCCS(C)=O. The number of nitrogens with one attached hydrogen (secondary N) is 1. The minimum absolute atomic E-state index is 0.303. The van der Waals surface area contributed by atoms with Crippen LogP contribution in [-0.2, 0) is 15.6 Å². The standard InChI is InChI=1S/C7H12N2O2S/c1-6(5-8)7(10)9-3-4-12(2)11/h6H,3-4H2,1-2H3,(H,9,10). The van der Waals surface area contributed by atoms with E-state index in [4.69, 9.17) is 5.26 Å². The van der Waals surface area contributed by atoms with Gasteiger partial charge in [0.05, 0.1) is 6.07 Å². The molecule has 2 atom stereocenters. The smallest absolute Gasteiger partial charge is 0.237 e. The molecule has 0 saturated heterocycles. The number of carbonyl (C=O) groups is 1. The summed E-state index contributed by atoms with van der Waals surface area (Å²) in [5.41, 5.74) is 0. The van der Waals surface area contributed by atoms with Gasteiger partial charge in [-0.05, 0) is 6.92 Å². The third kappa shape index (κ3) is 4.85. The second-order valence-corrected chi connectivity index (χ2v) is 3.97. The lowest BCUT2D eigenvalue weighted by Gasteiger charge is -2.03. The molecule has 0 spiro atoms. The lowest BCUT2D eigenvalue weighted by Crippen LogP contribution is -2.31. The van der Waals surface area contributed by atoms with Crippen LogP contribution >= 0.6 is 0 Å². The van der Waals surface area contributed by atoms with Gasteiger partial charge < -0.3 is 5.32 Å². The van der Waals surface area contributed by atoms with Gasteiger partial charge in [0.15, 0.2) is 0 Å². The van der Waals surface area contributed by atoms with Crippen molar-refractivity contribution in [3.63, 3.8) is 0 Å². The van der Waals surface area contributed by atoms with Crippen LogP contribution in [0.2, 0.25) is 0 Å². The molecule has 1 N–H and O–H groups in total. The Hall–Kier alpha value is -0.890. The first-order valence-electron chi connectivity index (χ1n) is 3.55. The number of hydrogen-bond acceptors (Lipinski definition) is 3.